The van der Waals surface area contributed by atoms with E-state index in [0.29, 0.717) is 6.10 Å². The largest absolute Gasteiger partial charge is 0.378 e. The van der Waals surface area contributed by atoms with Gasteiger partial charge in [-0.25, -0.2) is 0 Å². The van der Waals surface area contributed by atoms with Crippen molar-refractivity contribution in [3.8, 4) is 0 Å². The van der Waals surface area contributed by atoms with Crippen molar-refractivity contribution in [2.75, 3.05) is 6.61 Å². The molecule has 0 spiro atoms. The molecule has 0 aromatic heterocycles. The van der Waals surface area contributed by atoms with Gasteiger partial charge in [-0.15, -0.1) is 0 Å². The van der Waals surface area contributed by atoms with Crippen LogP contribution in [0.15, 0.2) is 12.2 Å². The molecule has 19 heavy (non-hydrogen) atoms. The van der Waals surface area contributed by atoms with Crippen LogP contribution in [-0.2, 0) is 4.74 Å². The standard InChI is InChI=1S/C18H32O/c1-4-19-18-12-11-17(13-15(18)3)10-9-16-7-5-14(2)6-8-16/h9-10,14-18H,4-8,11-13H2,1-3H3. The second-order valence-corrected chi connectivity index (χ2v) is 6.95. The predicted molar refractivity (Wildman–Crippen MR) is 82.2 cm³/mol. The van der Waals surface area contributed by atoms with E-state index in [4.69, 9.17) is 4.74 Å². The Hall–Kier alpha value is -0.300. The smallest absolute Gasteiger partial charge is 0.0600 e. The fourth-order valence-corrected chi connectivity index (χ4v) is 3.84. The van der Waals surface area contributed by atoms with Crippen LogP contribution < -0.4 is 0 Å². The molecule has 0 amide bonds. The molecule has 0 saturated heterocycles. The molecule has 0 N–H and O–H groups in total. The van der Waals surface area contributed by atoms with Crippen molar-refractivity contribution in [3.63, 3.8) is 0 Å². The molecule has 1 heteroatoms. The van der Waals surface area contributed by atoms with Crippen molar-refractivity contribution in [1.82, 2.24) is 0 Å². The van der Waals surface area contributed by atoms with Crippen molar-refractivity contribution in [2.24, 2.45) is 23.7 Å². The number of hydrogen-bond acceptors (Lipinski definition) is 1. The predicted octanol–water partition coefficient (Wildman–Crippen LogP) is 5.21. The molecule has 2 rings (SSSR count). The molecule has 0 aromatic rings. The summed E-state index contributed by atoms with van der Waals surface area (Å²) in [6, 6.07) is 0. The SMILES string of the molecule is CCOC1CCC(C=CC2CCC(C)CC2)CC1C. The van der Waals surface area contributed by atoms with E-state index < -0.39 is 0 Å². The number of hydrogen-bond donors (Lipinski definition) is 0. The molecule has 2 aliphatic carbocycles. The van der Waals surface area contributed by atoms with Crippen LogP contribution in [-0.4, -0.2) is 12.7 Å². The Balaban J connectivity index is 1.75. The fraction of sp³-hybridized carbons (Fsp3) is 0.889. The molecule has 1 nitrogen and oxygen atoms in total. The molecular formula is C18H32O. The molecule has 3 unspecified atom stereocenters. The fourth-order valence-electron chi connectivity index (χ4n) is 3.84. The summed E-state index contributed by atoms with van der Waals surface area (Å²) in [5.41, 5.74) is 0. The highest BCUT2D eigenvalue weighted by atomic mass is 16.5. The van der Waals surface area contributed by atoms with Crippen LogP contribution in [0, 0.1) is 23.7 Å². The normalized spacial score (nSPS) is 40.7. The van der Waals surface area contributed by atoms with Gasteiger partial charge in [0.2, 0.25) is 0 Å². The first-order chi connectivity index (χ1) is 9.19. The van der Waals surface area contributed by atoms with E-state index in [0.717, 1.165) is 30.3 Å². The van der Waals surface area contributed by atoms with E-state index in [9.17, 15) is 0 Å². The van der Waals surface area contributed by atoms with Gasteiger partial charge in [-0.05, 0) is 62.7 Å². The van der Waals surface area contributed by atoms with E-state index in [1.165, 1.54) is 44.9 Å². The maximum absolute atomic E-state index is 5.83. The molecule has 0 radical (unpaired) electrons. The summed E-state index contributed by atoms with van der Waals surface area (Å²) in [5, 5.41) is 0. The summed E-state index contributed by atoms with van der Waals surface area (Å²) in [4.78, 5) is 0. The highest BCUT2D eigenvalue weighted by molar-refractivity contribution is 4.97. The van der Waals surface area contributed by atoms with Crippen molar-refractivity contribution < 1.29 is 4.74 Å². The Morgan fingerprint density at radius 3 is 2.16 bits per heavy atom. The van der Waals surface area contributed by atoms with Gasteiger partial charge in [0.05, 0.1) is 6.10 Å². The second kappa shape index (κ2) is 7.47. The van der Waals surface area contributed by atoms with Gasteiger partial charge in [0, 0.05) is 6.61 Å². The number of allylic oxidation sites excluding steroid dienone is 2. The maximum atomic E-state index is 5.83. The summed E-state index contributed by atoms with van der Waals surface area (Å²) in [5.74, 6) is 3.38. The highest BCUT2D eigenvalue weighted by Crippen LogP contribution is 2.34. The lowest BCUT2D eigenvalue weighted by Gasteiger charge is -2.33. The Morgan fingerprint density at radius 1 is 0.895 bits per heavy atom. The summed E-state index contributed by atoms with van der Waals surface area (Å²) in [6.07, 6.45) is 15.2. The Kier molecular flexibility index (Phi) is 5.94. The van der Waals surface area contributed by atoms with Crippen LogP contribution in [0.2, 0.25) is 0 Å². The minimum Gasteiger partial charge on any atom is -0.378 e. The van der Waals surface area contributed by atoms with Crippen molar-refractivity contribution in [3.05, 3.63) is 12.2 Å². The van der Waals surface area contributed by atoms with Gasteiger partial charge in [0.15, 0.2) is 0 Å². The third kappa shape index (κ3) is 4.63. The lowest BCUT2D eigenvalue weighted by molar-refractivity contribution is -0.00570. The third-order valence-electron chi connectivity index (χ3n) is 5.23. The van der Waals surface area contributed by atoms with Crippen LogP contribution in [0.1, 0.15) is 65.7 Å². The van der Waals surface area contributed by atoms with Crippen molar-refractivity contribution in [2.45, 2.75) is 71.8 Å². The van der Waals surface area contributed by atoms with E-state index in [1.807, 2.05) is 0 Å². The van der Waals surface area contributed by atoms with Crippen molar-refractivity contribution in [1.29, 1.82) is 0 Å². The summed E-state index contributed by atoms with van der Waals surface area (Å²) < 4.78 is 5.83. The molecule has 0 aliphatic heterocycles. The lowest BCUT2D eigenvalue weighted by atomic mass is 9.78. The average Bonchev–Trinajstić information content (AvgIpc) is 2.41. The topological polar surface area (TPSA) is 9.23 Å². The Morgan fingerprint density at radius 2 is 1.53 bits per heavy atom. The average molecular weight is 264 g/mol. The van der Waals surface area contributed by atoms with Crippen LogP contribution in [0.4, 0.5) is 0 Å². The zero-order valence-corrected chi connectivity index (χ0v) is 13.1. The second-order valence-electron chi connectivity index (χ2n) is 6.95. The molecule has 0 aromatic carbocycles. The van der Waals surface area contributed by atoms with Crippen molar-refractivity contribution >= 4 is 0 Å². The summed E-state index contributed by atoms with van der Waals surface area (Å²) in [6.45, 7) is 7.75. The molecule has 3 atom stereocenters. The summed E-state index contributed by atoms with van der Waals surface area (Å²) in [7, 11) is 0. The van der Waals surface area contributed by atoms with Gasteiger partial charge < -0.3 is 4.74 Å². The first-order valence-electron chi connectivity index (χ1n) is 8.49. The zero-order valence-electron chi connectivity index (χ0n) is 13.1. The minimum atomic E-state index is 0.519. The van der Waals surface area contributed by atoms with E-state index in [-0.39, 0.29) is 0 Å². The molecule has 2 fully saturated rings. The van der Waals surface area contributed by atoms with Gasteiger partial charge in [-0.1, -0.05) is 38.8 Å². The third-order valence-corrected chi connectivity index (χ3v) is 5.23. The molecule has 110 valence electrons. The van der Waals surface area contributed by atoms with E-state index in [1.54, 1.807) is 0 Å². The van der Waals surface area contributed by atoms with Crippen LogP contribution in [0.25, 0.3) is 0 Å². The Labute approximate surface area is 119 Å². The molecule has 0 bridgehead atoms. The molecule has 2 saturated carbocycles. The van der Waals surface area contributed by atoms with E-state index in [2.05, 4.69) is 32.9 Å². The zero-order chi connectivity index (χ0) is 13.7. The van der Waals surface area contributed by atoms with Crippen LogP contribution in [0.5, 0.6) is 0 Å². The summed E-state index contributed by atoms with van der Waals surface area (Å²) >= 11 is 0. The highest BCUT2D eigenvalue weighted by Gasteiger charge is 2.26. The monoisotopic (exact) mass is 264 g/mol. The quantitative estimate of drug-likeness (QED) is 0.633. The lowest BCUT2D eigenvalue weighted by Crippen LogP contribution is -2.29. The molecule has 2 aliphatic rings. The van der Waals surface area contributed by atoms with Gasteiger partial charge in [0.1, 0.15) is 0 Å². The molecule has 0 heterocycles. The Bertz CT molecular complexity index is 275. The van der Waals surface area contributed by atoms with Crippen LogP contribution in [0.3, 0.4) is 0 Å². The number of rotatable bonds is 4. The van der Waals surface area contributed by atoms with E-state index >= 15 is 0 Å². The number of ether oxygens (including phenoxy) is 1. The maximum Gasteiger partial charge on any atom is 0.0600 e. The first-order valence-corrected chi connectivity index (χ1v) is 8.49. The first kappa shape index (κ1) is 15.1. The van der Waals surface area contributed by atoms with Crippen LogP contribution >= 0.6 is 0 Å². The van der Waals surface area contributed by atoms with Gasteiger partial charge in [0.25, 0.3) is 0 Å². The minimum absolute atomic E-state index is 0.519. The molecular weight excluding hydrogens is 232 g/mol. The van der Waals surface area contributed by atoms with Gasteiger partial charge in [-0.3, -0.25) is 0 Å². The van der Waals surface area contributed by atoms with Gasteiger partial charge >= 0.3 is 0 Å². The van der Waals surface area contributed by atoms with Gasteiger partial charge in [-0.2, -0.15) is 0 Å².